The van der Waals surface area contributed by atoms with Crippen molar-refractivity contribution in [2.45, 2.75) is 0 Å². The van der Waals surface area contributed by atoms with E-state index >= 15 is 0 Å². The average Bonchev–Trinajstić information content (AvgIpc) is 2.16. The Morgan fingerprint density at radius 1 is 1.62 bits per heavy atom. The molecule has 1 aromatic rings. The molecule has 0 saturated carbocycles. The van der Waals surface area contributed by atoms with Crippen molar-refractivity contribution in [3.63, 3.8) is 0 Å². The summed E-state index contributed by atoms with van der Waals surface area (Å²) in [6.45, 7) is 4.31. The van der Waals surface area contributed by atoms with Gasteiger partial charge in [-0.25, -0.2) is 0 Å². The predicted molar refractivity (Wildman–Crippen MR) is 56.1 cm³/mol. The van der Waals surface area contributed by atoms with Gasteiger partial charge in [0.1, 0.15) is 5.75 Å². The molecule has 0 aliphatic rings. The van der Waals surface area contributed by atoms with Gasteiger partial charge in [-0.2, -0.15) is 0 Å². The second-order valence-corrected chi connectivity index (χ2v) is 2.59. The molecule has 0 radical (unpaired) electrons. The van der Waals surface area contributed by atoms with Crippen LogP contribution >= 0.6 is 0 Å². The quantitative estimate of drug-likeness (QED) is 0.546. The van der Waals surface area contributed by atoms with E-state index in [2.05, 4.69) is 11.9 Å². The summed E-state index contributed by atoms with van der Waals surface area (Å²) in [6.07, 6.45) is 1.78. The summed E-state index contributed by atoms with van der Waals surface area (Å²) in [5, 5.41) is 3.11. The van der Waals surface area contributed by atoms with Crippen molar-refractivity contribution in [2.75, 3.05) is 24.7 Å². The largest absolute Gasteiger partial charge is 0.495 e. The first-order valence-electron chi connectivity index (χ1n) is 4.07. The van der Waals surface area contributed by atoms with E-state index in [9.17, 15) is 0 Å². The molecule has 13 heavy (non-hydrogen) atoms. The highest BCUT2D eigenvalue weighted by molar-refractivity contribution is 5.72. The van der Waals surface area contributed by atoms with Gasteiger partial charge in [-0.15, -0.1) is 6.58 Å². The maximum Gasteiger partial charge on any atom is 0.143 e. The molecular weight excluding hydrogens is 164 g/mol. The molecular formula is C10H14N2O. The minimum Gasteiger partial charge on any atom is -0.495 e. The molecule has 0 amide bonds. The second kappa shape index (κ2) is 4.40. The summed E-state index contributed by atoms with van der Waals surface area (Å²) in [6, 6.07) is 5.62. The Balaban J connectivity index is 2.87. The number of rotatable bonds is 4. The molecule has 0 spiro atoms. The van der Waals surface area contributed by atoms with E-state index in [0.29, 0.717) is 18.0 Å². The van der Waals surface area contributed by atoms with Gasteiger partial charge in [0, 0.05) is 6.54 Å². The Hall–Kier alpha value is -1.64. The molecule has 0 aliphatic heterocycles. The van der Waals surface area contributed by atoms with Crippen molar-refractivity contribution in [1.82, 2.24) is 0 Å². The first kappa shape index (κ1) is 9.45. The minimum absolute atomic E-state index is 0.631. The second-order valence-electron chi connectivity index (χ2n) is 2.59. The van der Waals surface area contributed by atoms with Crippen LogP contribution in [0, 0.1) is 0 Å². The van der Waals surface area contributed by atoms with Crippen molar-refractivity contribution in [3.8, 4) is 5.75 Å². The van der Waals surface area contributed by atoms with Crippen molar-refractivity contribution < 1.29 is 4.74 Å². The van der Waals surface area contributed by atoms with Gasteiger partial charge in [-0.05, 0) is 12.1 Å². The maximum absolute atomic E-state index is 5.81. The lowest BCUT2D eigenvalue weighted by molar-refractivity contribution is 0.417. The van der Waals surface area contributed by atoms with Crippen molar-refractivity contribution >= 4 is 11.4 Å². The zero-order chi connectivity index (χ0) is 9.68. The van der Waals surface area contributed by atoms with Gasteiger partial charge >= 0.3 is 0 Å². The van der Waals surface area contributed by atoms with Gasteiger partial charge in [0.25, 0.3) is 0 Å². The molecule has 0 heterocycles. The highest BCUT2D eigenvalue weighted by Crippen LogP contribution is 2.28. The summed E-state index contributed by atoms with van der Waals surface area (Å²) in [5.74, 6) is 0.689. The number of benzene rings is 1. The highest BCUT2D eigenvalue weighted by Gasteiger charge is 2.02. The lowest BCUT2D eigenvalue weighted by atomic mass is 10.2. The van der Waals surface area contributed by atoms with Gasteiger partial charge < -0.3 is 15.8 Å². The van der Waals surface area contributed by atoms with Crippen molar-refractivity contribution in [1.29, 1.82) is 0 Å². The molecule has 70 valence electrons. The normalized spacial score (nSPS) is 9.31. The number of nitrogens with one attached hydrogen (secondary N) is 1. The van der Waals surface area contributed by atoms with Crippen LogP contribution in [0.25, 0.3) is 0 Å². The van der Waals surface area contributed by atoms with Crippen LogP contribution in [0.15, 0.2) is 30.9 Å². The number of ether oxygens (including phenoxy) is 1. The maximum atomic E-state index is 5.81. The predicted octanol–water partition coefficient (Wildman–Crippen LogP) is 1.88. The van der Waals surface area contributed by atoms with E-state index in [1.807, 2.05) is 18.2 Å². The van der Waals surface area contributed by atoms with Gasteiger partial charge in [0.05, 0.1) is 18.5 Å². The summed E-state index contributed by atoms with van der Waals surface area (Å²) in [4.78, 5) is 0. The third kappa shape index (κ3) is 2.15. The molecule has 0 aromatic heterocycles. The molecule has 0 fully saturated rings. The Morgan fingerprint density at radius 2 is 2.38 bits per heavy atom. The van der Waals surface area contributed by atoms with E-state index in [0.717, 1.165) is 5.69 Å². The highest BCUT2D eigenvalue weighted by atomic mass is 16.5. The smallest absolute Gasteiger partial charge is 0.143 e. The van der Waals surface area contributed by atoms with Crippen molar-refractivity contribution in [2.24, 2.45) is 0 Å². The fourth-order valence-corrected chi connectivity index (χ4v) is 1.06. The van der Waals surface area contributed by atoms with E-state index in [4.69, 9.17) is 10.5 Å². The number of hydrogen-bond donors (Lipinski definition) is 2. The number of para-hydroxylation sites is 1. The molecule has 3 nitrogen and oxygen atoms in total. The van der Waals surface area contributed by atoms with Gasteiger partial charge in [-0.3, -0.25) is 0 Å². The molecule has 0 atom stereocenters. The molecule has 0 unspecified atom stereocenters. The van der Waals surface area contributed by atoms with Crippen LogP contribution in [0.4, 0.5) is 11.4 Å². The fraction of sp³-hybridized carbons (Fsp3) is 0.200. The van der Waals surface area contributed by atoms with Crippen LogP contribution < -0.4 is 15.8 Å². The number of anilines is 2. The molecule has 0 saturated heterocycles. The van der Waals surface area contributed by atoms with Gasteiger partial charge in [0.15, 0.2) is 0 Å². The zero-order valence-electron chi connectivity index (χ0n) is 7.71. The standard InChI is InChI=1S/C10H14N2O/c1-3-7-12-8-5-4-6-9(13-2)10(8)11/h3-6,12H,1,7,11H2,2H3. The molecule has 1 rings (SSSR count). The van der Waals surface area contributed by atoms with Crippen molar-refractivity contribution in [3.05, 3.63) is 30.9 Å². The third-order valence-electron chi connectivity index (χ3n) is 1.72. The SMILES string of the molecule is C=CCNc1cccc(OC)c1N. The Kier molecular flexibility index (Phi) is 3.20. The minimum atomic E-state index is 0.631. The zero-order valence-corrected chi connectivity index (χ0v) is 7.71. The Morgan fingerprint density at radius 3 is 3.00 bits per heavy atom. The molecule has 3 N–H and O–H groups in total. The summed E-state index contributed by atoms with van der Waals surface area (Å²) >= 11 is 0. The number of nitrogen functional groups attached to an aromatic ring is 1. The molecule has 3 heteroatoms. The van der Waals surface area contributed by atoms with Gasteiger partial charge in [0.2, 0.25) is 0 Å². The van der Waals surface area contributed by atoms with Gasteiger partial charge in [-0.1, -0.05) is 12.1 Å². The Labute approximate surface area is 78.2 Å². The lowest BCUT2D eigenvalue weighted by Gasteiger charge is -2.10. The van der Waals surface area contributed by atoms with Crippen LogP contribution in [-0.2, 0) is 0 Å². The summed E-state index contributed by atoms with van der Waals surface area (Å²) in [5.41, 5.74) is 7.32. The van der Waals surface area contributed by atoms with Crippen LogP contribution in [-0.4, -0.2) is 13.7 Å². The number of hydrogen-bond acceptors (Lipinski definition) is 3. The van der Waals surface area contributed by atoms with E-state index in [-0.39, 0.29) is 0 Å². The van der Waals surface area contributed by atoms with Crippen LogP contribution in [0.2, 0.25) is 0 Å². The van der Waals surface area contributed by atoms with Crippen LogP contribution in [0.5, 0.6) is 5.75 Å². The first-order chi connectivity index (χ1) is 6.29. The molecule has 1 aromatic carbocycles. The fourth-order valence-electron chi connectivity index (χ4n) is 1.06. The van der Waals surface area contributed by atoms with Crippen LogP contribution in [0.3, 0.4) is 0 Å². The molecule has 0 aliphatic carbocycles. The summed E-state index contributed by atoms with van der Waals surface area (Å²) in [7, 11) is 1.60. The third-order valence-corrected chi connectivity index (χ3v) is 1.72. The first-order valence-corrected chi connectivity index (χ1v) is 4.07. The lowest BCUT2D eigenvalue weighted by Crippen LogP contribution is -2.02. The van der Waals surface area contributed by atoms with E-state index in [1.54, 1.807) is 13.2 Å². The molecule has 0 bridgehead atoms. The Bertz CT molecular complexity index is 297. The number of nitrogens with two attached hydrogens (primary N) is 1. The van der Waals surface area contributed by atoms with E-state index in [1.165, 1.54) is 0 Å². The summed E-state index contributed by atoms with van der Waals surface area (Å²) < 4.78 is 5.07. The van der Waals surface area contributed by atoms with Crippen LogP contribution in [0.1, 0.15) is 0 Å². The topological polar surface area (TPSA) is 47.3 Å². The van der Waals surface area contributed by atoms with E-state index < -0.39 is 0 Å². The average molecular weight is 178 g/mol. The number of methoxy groups -OCH3 is 1. The monoisotopic (exact) mass is 178 g/mol.